The number of carbonyl (C=O) groups is 2. The number of phosphoric ester groups is 1. The van der Waals surface area contributed by atoms with E-state index in [1.165, 1.54) is 38.5 Å². The molecule has 0 aliphatic carbocycles. The second kappa shape index (κ2) is 39.3. The number of phosphoric acid groups is 1. The average molecular weight is 848 g/mol. The standard InChI is InChI=1S/C48H82NO9P/c1-6-8-10-12-14-16-18-20-21-22-23-25-27-29-31-33-35-39-47(51)55-43-46(44-57-59(53,54)56-42-41-49(3,4)5)58-48(52)40-36-38-45(50)37-34-32-30-28-26-24-19-17-15-13-11-9-7-2/h8,10,14,16,20-21,23-26,30,32,34,37,45-46,50H,6-7,9,11-13,15,17-19,22,27-29,31,33,35-36,38-44H2,1-5H3/b10-8-,16-14-,21-20-,25-23-,26-24+,32-30+,37-34+/t45?,46-/m1/s1. The van der Waals surface area contributed by atoms with Crippen LogP contribution in [-0.4, -0.2) is 81.2 Å². The Balaban J connectivity index is 4.60. The number of hydrogen-bond donors (Lipinski definition) is 1. The van der Waals surface area contributed by atoms with Crippen molar-refractivity contribution in [2.75, 3.05) is 47.5 Å². The molecule has 0 aliphatic rings. The Morgan fingerprint density at radius 3 is 1.80 bits per heavy atom. The molecule has 0 radical (unpaired) electrons. The van der Waals surface area contributed by atoms with Crippen molar-refractivity contribution in [3.63, 3.8) is 0 Å². The average Bonchev–Trinajstić information content (AvgIpc) is 3.18. The van der Waals surface area contributed by atoms with Crippen LogP contribution in [0.3, 0.4) is 0 Å². The van der Waals surface area contributed by atoms with Crippen molar-refractivity contribution in [2.24, 2.45) is 0 Å². The van der Waals surface area contributed by atoms with Gasteiger partial charge in [-0.15, -0.1) is 0 Å². The molecule has 0 rings (SSSR count). The maximum atomic E-state index is 12.7. The molecule has 2 unspecified atom stereocenters. The second-order valence-corrected chi connectivity index (χ2v) is 17.3. The fourth-order valence-electron chi connectivity index (χ4n) is 5.48. The third-order valence-electron chi connectivity index (χ3n) is 9.00. The number of carbonyl (C=O) groups excluding carboxylic acids is 2. The van der Waals surface area contributed by atoms with Crippen molar-refractivity contribution in [3.8, 4) is 0 Å². The lowest BCUT2D eigenvalue weighted by atomic mass is 10.1. The Kier molecular flexibility index (Phi) is 37.4. The fraction of sp³-hybridized carbons (Fsp3) is 0.667. The van der Waals surface area contributed by atoms with E-state index < -0.39 is 38.6 Å². The molecule has 0 aromatic heterocycles. The Morgan fingerprint density at radius 1 is 0.644 bits per heavy atom. The van der Waals surface area contributed by atoms with Crippen LogP contribution < -0.4 is 4.89 Å². The molecule has 0 saturated heterocycles. The molecule has 0 saturated carbocycles. The van der Waals surface area contributed by atoms with Gasteiger partial charge in [0.05, 0.1) is 33.9 Å². The summed E-state index contributed by atoms with van der Waals surface area (Å²) >= 11 is 0. The highest BCUT2D eigenvalue weighted by Gasteiger charge is 2.22. The zero-order valence-corrected chi connectivity index (χ0v) is 38.4. The van der Waals surface area contributed by atoms with E-state index in [1.807, 2.05) is 33.3 Å². The van der Waals surface area contributed by atoms with Gasteiger partial charge in [-0.1, -0.05) is 144 Å². The Hall–Kier alpha value is -2.85. The summed E-state index contributed by atoms with van der Waals surface area (Å²) in [5.41, 5.74) is 0. The number of quaternary nitrogens is 1. The first-order valence-corrected chi connectivity index (χ1v) is 23.9. The molecule has 11 heteroatoms. The highest BCUT2D eigenvalue weighted by Crippen LogP contribution is 2.38. The van der Waals surface area contributed by atoms with Gasteiger partial charge in [0.1, 0.15) is 19.8 Å². The number of rotatable bonds is 39. The van der Waals surface area contributed by atoms with Crippen LogP contribution in [0.2, 0.25) is 0 Å². The second-order valence-electron chi connectivity index (χ2n) is 15.9. The van der Waals surface area contributed by atoms with E-state index >= 15 is 0 Å². The maximum Gasteiger partial charge on any atom is 0.306 e. The van der Waals surface area contributed by atoms with Crippen molar-refractivity contribution in [1.29, 1.82) is 0 Å². The molecule has 0 aromatic rings. The first kappa shape index (κ1) is 56.1. The molecule has 0 amide bonds. The van der Waals surface area contributed by atoms with Crippen LogP contribution in [0.1, 0.15) is 149 Å². The summed E-state index contributed by atoms with van der Waals surface area (Å²) in [6.45, 7) is 3.83. The maximum absolute atomic E-state index is 12.7. The Bertz CT molecular complexity index is 1300. The Labute approximate surface area is 359 Å². The van der Waals surface area contributed by atoms with Gasteiger partial charge in [-0.3, -0.25) is 14.2 Å². The molecule has 0 fully saturated rings. The summed E-state index contributed by atoms with van der Waals surface area (Å²) in [6.07, 6.45) is 46.4. The van der Waals surface area contributed by atoms with E-state index in [0.29, 0.717) is 30.3 Å². The minimum absolute atomic E-state index is 0.00939. The van der Waals surface area contributed by atoms with E-state index in [1.54, 1.807) is 12.2 Å². The first-order valence-electron chi connectivity index (χ1n) is 22.4. The number of aliphatic hydroxyl groups is 1. The highest BCUT2D eigenvalue weighted by atomic mass is 31.2. The van der Waals surface area contributed by atoms with E-state index in [4.69, 9.17) is 18.5 Å². The normalized spacial score (nSPS) is 14.9. The molecule has 338 valence electrons. The molecule has 59 heavy (non-hydrogen) atoms. The summed E-state index contributed by atoms with van der Waals surface area (Å²) in [6, 6.07) is 0. The zero-order valence-electron chi connectivity index (χ0n) is 37.5. The number of hydrogen-bond acceptors (Lipinski definition) is 9. The number of esters is 2. The number of allylic oxidation sites excluding steroid dienone is 13. The molecular weight excluding hydrogens is 765 g/mol. The molecule has 0 aromatic carbocycles. The first-order chi connectivity index (χ1) is 28.4. The molecule has 0 heterocycles. The lowest BCUT2D eigenvalue weighted by Crippen LogP contribution is -2.37. The highest BCUT2D eigenvalue weighted by molar-refractivity contribution is 7.45. The number of nitrogens with zero attached hydrogens (tertiary/aromatic N) is 1. The largest absolute Gasteiger partial charge is 0.756 e. The van der Waals surface area contributed by atoms with E-state index in [2.05, 4.69) is 74.6 Å². The van der Waals surface area contributed by atoms with Gasteiger partial charge in [-0.25, -0.2) is 0 Å². The van der Waals surface area contributed by atoms with Crippen LogP contribution >= 0.6 is 7.82 Å². The minimum Gasteiger partial charge on any atom is -0.756 e. The molecule has 1 N–H and O–H groups in total. The van der Waals surface area contributed by atoms with E-state index in [-0.39, 0.29) is 26.1 Å². The van der Waals surface area contributed by atoms with Crippen molar-refractivity contribution >= 4 is 19.8 Å². The minimum atomic E-state index is -4.69. The van der Waals surface area contributed by atoms with Crippen LogP contribution in [0, 0.1) is 0 Å². The van der Waals surface area contributed by atoms with E-state index in [9.17, 15) is 24.2 Å². The van der Waals surface area contributed by atoms with Crippen LogP contribution in [0.4, 0.5) is 0 Å². The SMILES string of the molecule is CC/C=C\C/C=C\C/C=C\C/C=C\CCCCCCC(=O)OC[C@H](COP(=O)([O-])OCC[N+](C)(C)C)OC(=O)CCCC(O)/C=C/C=C/C/C=C/CCCCCCCC. The predicted octanol–water partition coefficient (Wildman–Crippen LogP) is 11.1. The molecule has 10 nitrogen and oxygen atoms in total. The molecule has 0 aliphatic heterocycles. The monoisotopic (exact) mass is 848 g/mol. The van der Waals surface area contributed by atoms with Gasteiger partial charge in [0, 0.05) is 12.8 Å². The number of ether oxygens (including phenoxy) is 2. The zero-order chi connectivity index (χ0) is 43.7. The predicted molar refractivity (Wildman–Crippen MR) is 242 cm³/mol. The summed E-state index contributed by atoms with van der Waals surface area (Å²) in [7, 11) is 1.02. The Morgan fingerprint density at radius 2 is 1.19 bits per heavy atom. The van der Waals surface area contributed by atoms with Crippen LogP contribution in [0.15, 0.2) is 85.1 Å². The third-order valence-corrected chi connectivity index (χ3v) is 9.97. The summed E-state index contributed by atoms with van der Waals surface area (Å²) in [5, 5.41) is 10.3. The quantitative estimate of drug-likeness (QED) is 0.0160. The van der Waals surface area contributed by atoms with E-state index in [0.717, 1.165) is 64.2 Å². The molecule has 0 spiro atoms. The summed E-state index contributed by atoms with van der Waals surface area (Å²) in [4.78, 5) is 37.6. The van der Waals surface area contributed by atoms with Gasteiger partial charge in [0.25, 0.3) is 7.82 Å². The van der Waals surface area contributed by atoms with Gasteiger partial charge in [0.15, 0.2) is 6.10 Å². The van der Waals surface area contributed by atoms with Gasteiger partial charge >= 0.3 is 11.9 Å². The topological polar surface area (TPSA) is 131 Å². The van der Waals surface area contributed by atoms with Gasteiger partial charge in [-0.2, -0.15) is 0 Å². The number of likely N-dealkylation sites (N-methyl/N-ethyl adjacent to an activating group) is 1. The molecular formula is C48H82NO9P. The summed E-state index contributed by atoms with van der Waals surface area (Å²) < 4.78 is 33.7. The number of aliphatic hydroxyl groups excluding tert-OH is 1. The summed E-state index contributed by atoms with van der Waals surface area (Å²) in [5.74, 6) is -1.07. The van der Waals surface area contributed by atoms with Gasteiger partial charge in [-0.05, 0) is 77.0 Å². The lowest BCUT2D eigenvalue weighted by Gasteiger charge is -2.28. The van der Waals surface area contributed by atoms with Crippen LogP contribution in [0.5, 0.6) is 0 Å². The van der Waals surface area contributed by atoms with Gasteiger partial charge < -0.3 is 33.0 Å². The number of unbranched alkanes of at least 4 members (excludes halogenated alkanes) is 10. The van der Waals surface area contributed by atoms with Crippen molar-refractivity contribution in [1.82, 2.24) is 0 Å². The van der Waals surface area contributed by atoms with Crippen LogP contribution in [0.25, 0.3) is 0 Å². The molecule has 3 atom stereocenters. The smallest absolute Gasteiger partial charge is 0.306 e. The molecule has 0 bridgehead atoms. The van der Waals surface area contributed by atoms with Crippen molar-refractivity contribution < 1.29 is 47.2 Å². The third kappa shape index (κ3) is 43.1. The van der Waals surface area contributed by atoms with Crippen molar-refractivity contribution in [3.05, 3.63) is 85.1 Å². The van der Waals surface area contributed by atoms with Gasteiger partial charge in [0.2, 0.25) is 0 Å². The lowest BCUT2D eigenvalue weighted by molar-refractivity contribution is -0.870. The van der Waals surface area contributed by atoms with Crippen molar-refractivity contribution in [2.45, 2.75) is 161 Å². The van der Waals surface area contributed by atoms with Crippen LogP contribution in [-0.2, 0) is 32.7 Å². The fourth-order valence-corrected chi connectivity index (χ4v) is 6.20.